The van der Waals surface area contributed by atoms with Gasteiger partial charge in [-0.2, -0.15) is 5.10 Å². The molecule has 0 fully saturated rings. The Hall–Kier alpha value is -1.82. The maximum Gasteiger partial charge on any atom is 0.326 e. The van der Waals surface area contributed by atoms with E-state index >= 15 is 0 Å². The van der Waals surface area contributed by atoms with Crippen molar-refractivity contribution in [3.63, 3.8) is 0 Å². The van der Waals surface area contributed by atoms with Crippen LogP contribution in [-0.4, -0.2) is 44.8 Å². The first-order chi connectivity index (χ1) is 8.75. The maximum atomic E-state index is 11.8. The Balaban J connectivity index is 2.87. The summed E-state index contributed by atoms with van der Waals surface area (Å²) in [4.78, 5) is 23.7. The minimum absolute atomic E-state index is 0.408. The van der Waals surface area contributed by atoms with E-state index in [-0.39, 0.29) is 0 Å². The molecule has 0 spiro atoms. The standard InChI is InChI=1S/C12H16ClN3O3/c1-7-9(11(13)16(4)14-7)5-6-10(17)15(3)8(2)12(18)19/h5-6,8H,1-4H3,(H,18,19)/b6-5+. The van der Waals surface area contributed by atoms with Crippen molar-refractivity contribution in [2.75, 3.05) is 7.05 Å². The molecule has 0 radical (unpaired) electrons. The number of rotatable bonds is 4. The topological polar surface area (TPSA) is 75.4 Å². The van der Waals surface area contributed by atoms with Gasteiger partial charge in [-0.1, -0.05) is 11.6 Å². The highest BCUT2D eigenvalue weighted by Gasteiger charge is 2.20. The second kappa shape index (κ2) is 5.88. The fourth-order valence-corrected chi connectivity index (χ4v) is 1.70. The van der Waals surface area contributed by atoms with Gasteiger partial charge in [0, 0.05) is 25.7 Å². The lowest BCUT2D eigenvalue weighted by Crippen LogP contribution is -2.39. The lowest BCUT2D eigenvalue weighted by molar-refractivity contribution is -0.146. The quantitative estimate of drug-likeness (QED) is 0.847. The molecule has 1 aromatic heterocycles. The average molecular weight is 286 g/mol. The lowest BCUT2D eigenvalue weighted by Gasteiger charge is -2.19. The minimum atomic E-state index is -1.06. The molecule has 1 heterocycles. The van der Waals surface area contributed by atoms with Crippen molar-refractivity contribution in [1.82, 2.24) is 14.7 Å². The molecule has 6 nitrogen and oxygen atoms in total. The molecule has 0 saturated carbocycles. The first-order valence-electron chi connectivity index (χ1n) is 5.62. The Bertz CT molecular complexity index is 537. The lowest BCUT2D eigenvalue weighted by atomic mass is 10.2. The van der Waals surface area contributed by atoms with E-state index < -0.39 is 17.9 Å². The largest absolute Gasteiger partial charge is 0.480 e. The van der Waals surface area contributed by atoms with Gasteiger partial charge < -0.3 is 10.0 Å². The van der Waals surface area contributed by atoms with Gasteiger partial charge in [-0.15, -0.1) is 0 Å². The number of aromatic nitrogens is 2. The Morgan fingerprint density at radius 3 is 2.53 bits per heavy atom. The molecule has 0 aliphatic rings. The number of hydrogen-bond donors (Lipinski definition) is 1. The average Bonchev–Trinajstić information content (AvgIpc) is 2.59. The van der Waals surface area contributed by atoms with Crippen molar-refractivity contribution >= 4 is 29.6 Å². The highest BCUT2D eigenvalue weighted by atomic mass is 35.5. The number of carbonyl (C=O) groups is 2. The van der Waals surface area contributed by atoms with Crippen LogP contribution in [0, 0.1) is 6.92 Å². The molecule has 104 valence electrons. The second-order valence-corrected chi connectivity index (χ2v) is 4.57. The van der Waals surface area contributed by atoms with Crippen LogP contribution in [0.4, 0.5) is 0 Å². The van der Waals surface area contributed by atoms with Crippen molar-refractivity contribution in [3.8, 4) is 0 Å². The number of carboxylic acids is 1. The van der Waals surface area contributed by atoms with E-state index in [9.17, 15) is 9.59 Å². The number of aryl methyl sites for hydroxylation is 2. The smallest absolute Gasteiger partial charge is 0.326 e. The molecule has 0 aliphatic carbocycles. The van der Waals surface area contributed by atoms with Crippen LogP contribution in [0.5, 0.6) is 0 Å². The number of nitrogens with zero attached hydrogens (tertiary/aromatic N) is 3. The van der Waals surface area contributed by atoms with E-state index in [2.05, 4.69) is 5.10 Å². The van der Waals surface area contributed by atoms with Crippen LogP contribution in [-0.2, 0) is 16.6 Å². The Morgan fingerprint density at radius 1 is 1.53 bits per heavy atom. The van der Waals surface area contributed by atoms with Gasteiger partial charge in [-0.05, 0) is 19.9 Å². The molecule has 1 aromatic rings. The summed E-state index contributed by atoms with van der Waals surface area (Å²) in [5.41, 5.74) is 1.35. The SMILES string of the molecule is Cc1nn(C)c(Cl)c1/C=C/C(=O)N(C)C(C)C(=O)O. The number of carboxylic acid groups (broad SMARTS) is 1. The van der Waals surface area contributed by atoms with Gasteiger partial charge in [0.25, 0.3) is 0 Å². The zero-order valence-corrected chi connectivity index (χ0v) is 12.0. The Labute approximate surface area is 116 Å². The summed E-state index contributed by atoms with van der Waals surface area (Å²) < 4.78 is 1.50. The molecule has 1 rings (SSSR count). The van der Waals surface area contributed by atoms with Gasteiger partial charge in [-0.3, -0.25) is 9.48 Å². The number of likely N-dealkylation sites (N-methyl/N-ethyl adjacent to an activating group) is 1. The Morgan fingerprint density at radius 2 is 2.11 bits per heavy atom. The van der Waals surface area contributed by atoms with E-state index in [4.69, 9.17) is 16.7 Å². The van der Waals surface area contributed by atoms with Gasteiger partial charge in [0.2, 0.25) is 5.91 Å². The molecule has 1 atom stereocenters. The maximum absolute atomic E-state index is 11.8. The van der Waals surface area contributed by atoms with Crippen LogP contribution in [0.2, 0.25) is 5.15 Å². The zero-order chi connectivity index (χ0) is 14.7. The number of halogens is 1. The van der Waals surface area contributed by atoms with Gasteiger partial charge in [0.1, 0.15) is 11.2 Å². The van der Waals surface area contributed by atoms with Crippen molar-refractivity contribution < 1.29 is 14.7 Å². The number of carbonyl (C=O) groups excluding carboxylic acids is 1. The summed E-state index contributed by atoms with van der Waals surface area (Å²) in [7, 11) is 3.14. The van der Waals surface area contributed by atoms with E-state index in [1.54, 1.807) is 14.0 Å². The van der Waals surface area contributed by atoms with Gasteiger partial charge in [0.05, 0.1) is 5.69 Å². The first kappa shape index (κ1) is 15.2. The molecule has 0 aliphatic heterocycles. The van der Waals surface area contributed by atoms with Crippen LogP contribution >= 0.6 is 11.6 Å². The predicted octanol–water partition coefficient (Wildman–Crippen LogP) is 1.33. The van der Waals surface area contributed by atoms with Crippen LogP contribution in [0.15, 0.2) is 6.08 Å². The van der Waals surface area contributed by atoms with Gasteiger partial charge in [-0.25, -0.2) is 4.79 Å². The van der Waals surface area contributed by atoms with Crippen molar-refractivity contribution in [3.05, 3.63) is 22.5 Å². The summed E-state index contributed by atoms with van der Waals surface area (Å²) >= 11 is 6.02. The monoisotopic (exact) mass is 285 g/mol. The molecule has 19 heavy (non-hydrogen) atoms. The molecule has 0 aromatic carbocycles. The fourth-order valence-electron chi connectivity index (χ4n) is 1.46. The van der Waals surface area contributed by atoms with Crippen molar-refractivity contribution in [1.29, 1.82) is 0 Å². The Kier molecular flexibility index (Phi) is 4.72. The van der Waals surface area contributed by atoms with Crippen LogP contribution < -0.4 is 0 Å². The molecular formula is C12H16ClN3O3. The molecule has 7 heteroatoms. The molecule has 0 saturated heterocycles. The molecule has 0 bridgehead atoms. The highest BCUT2D eigenvalue weighted by molar-refractivity contribution is 6.31. The van der Waals surface area contributed by atoms with Crippen LogP contribution in [0.1, 0.15) is 18.2 Å². The summed E-state index contributed by atoms with van der Waals surface area (Å²) in [6.45, 7) is 3.22. The van der Waals surface area contributed by atoms with Gasteiger partial charge >= 0.3 is 5.97 Å². The molecule has 1 N–H and O–H groups in total. The van der Waals surface area contributed by atoms with Crippen LogP contribution in [0.25, 0.3) is 6.08 Å². The second-order valence-electron chi connectivity index (χ2n) is 4.21. The zero-order valence-electron chi connectivity index (χ0n) is 11.2. The fraction of sp³-hybridized carbons (Fsp3) is 0.417. The van der Waals surface area contributed by atoms with E-state index in [1.807, 2.05) is 0 Å². The highest BCUT2D eigenvalue weighted by Crippen LogP contribution is 2.20. The van der Waals surface area contributed by atoms with Crippen molar-refractivity contribution in [2.24, 2.45) is 7.05 Å². The third-order valence-corrected chi connectivity index (χ3v) is 3.32. The summed E-state index contributed by atoms with van der Waals surface area (Å²) in [6, 6.07) is -0.886. The molecule has 1 unspecified atom stereocenters. The van der Waals surface area contributed by atoms with E-state index in [0.717, 1.165) is 4.90 Å². The first-order valence-corrected chi connectivity index (χ1v) is 6.00. The van der Waals surface area contributed by atoms with Gasteiger partial charge in [0.15, 0.2) is 0 Å². The number of amides is 1. The van der Waals surface area contributed by atoms with E-state index in [1.165, 1.54) is 30.8 Å². The molecular weight excluding hydrogens is 270 g/mol. The number of aliphatic carboxylic acids is 1. The van der Waals surface area contributed by atoms with Crippen molar-refractivity contribution in [2.45, 2.75) is 19.9 Å². The molecule has 1 amide bonds. The van der Waals surface area contributed by atoms with E-state index in [0.29, 0.717) is 16.4 Å². The predicted molar refractivity (Wildman–Crippen MR) is 71.9 cm³/mol. The third-order valence-electron chi connectivity index (χ3n) is 2.87. The number of hydrogen-bond acceptors (Lipinski definition) is 3. The minimum Gasteiger partial charge on any atom is -0.480 e. The van der Waals surface area contributed by atoms with Crippen LogP contribution in [0.3, 0.4) is 0 Å². The summed E-state index contributed by atoms with van der Waals surface area (Å²) in [5.74, 6) is -1.46. The summed E-state index contributed by atoms with van der Waals surface area (Å²) in [5, 5.41) is 13.4. The summed E-state index contributed by atoms with van der Waals surface area (Å²) in [6.07, 6.45) is 2.83. The third kappa shape index (κ3) is 3.35. The normalized spacial score (nSPS) is 12.7.